The monoisotopic (exact) mass is 298 g/mol. The Morgan fingerprint density at radius 1 is 1.47 bits per heavy atom. The van der Waals surface area contributed by atoms with Gasteiger partial charge in [0, 0.05) is 28.5 Å². The van der Waals surface area contributed by atoms with E-state index in [4.69, 9.17) is 11.6 Å². The summed E-state index contributed by atoms with van der Waals surface area (Å²) in [5.74, 6) is 2.06. The van der Waals surface area contributed by atoms with Gasteiger partial charge in [-0.3, -0.25) is 4.79 Å². The summed E-state index contributed by atoms with van der Waals surface area (Å²) in [6.07, 6.45) is 1.04. The zero-order valence-electron chi connectivity index (χ0n) is 11.5. The number of nitrogens with zero attached hydrogens (tertiary/aromatic N) is 1. The van der Waals surface area contributed by atoms with Crippen LogP contribution in [0.4, 0.5) is 0 Å². The summed E-state index contributed by atoms with van der Waals surface area (Å²) in [7, 11) is 0. The molecule has 1 unspecified atom stereocenters. The second-order valence-electron chi connectivity index (χ2n) is 5.85. The molecule has 0 saturated carbocycles. The van der Waals surface area contributed by atoms with Crippen molar-refractivity contribution in [2.75, 3.05) is 11.5 Å². The Bertz CT molecular complexity index is 479. The van der Waals surface area contributed by atoms with Crippen LogP contribution in [0.3, 0.4) is 0 Å². The van der Waals surface area contributed by atoms with E-state index in [1.807, 2.05) is 17.8 Å². The van der Waals surface area contributed by atoms with Crippen molar-refractivity contribution in [2.45, 2.75) is 38.6 Å². The Balaban J connectivity index is 2.19. The van der Waals surface area contributed by atoms with Crippen LogP contribution in [0, 0.1) is 0 Å². The number of carbonyl (C=O) groups is 1. The van der Waals surface area contributed by atoms with Crippen LogP contribution in [-0.2, 0) is 5.41 Å². The molecule has 1 saturated heterocycles. The highest BCUT2D eigenvalue weighted by molar-refractivity contribution is 7.99. The van der Waals surface area contributed by atoms with Gasteiger partial charge in [-0.15, -0.1) is 0 Å². The van der Waals surface area contributed by atoms with E-state index in [2.05, 4.69) is 31.1 Å². The first-order chi connectivity index (χ1) is 8.86. The molecular formula is C14H19ClN2OS. The van der Waals surface area contributed by atoms with E-state index in [0.717, 1.165) is 23.6 Å². The lowest BCUT2D eigenvalue weighted by molar-refractivity contribution is 0.0941. The van der Waals surface area contributed by atoms with Crippen molar-refractivity contribution in [3.05, 3.63) is 28.5 Å². The van der Waals surface area contributed by atoms with Gasteiger partial charge in [0.15, 0.2) is 0 Å². The molecule has 2 rings (SSSR count). The standard InChI is InChI=1S/C14H19ClN2OS/c1-14(2,3)11-6-9(7-12(15)17-11)13(18)16-10-4-5-19-8-10/h6-7,10H,4-5,8H2,1-3H3,(H,16,18). The molecule has 1 aliphatic rings. The fourth-order valence-electron chi connectivity index (χ4n) is 1.93. The molecule has 3 nitrogen and oxygen atoms in total. The van der Waals surface area contributed by atoms with Crippen LogP contribution in [-0.4, -0.2) is 28.4 Å². The Morgan fingerprint density at radius 3 is 2.79 bits per heavy atom. The highest BCUT2D eigenvalue weighted by Crippen LogP contribution is 2.24. The van der Waals surface area contributed by atoms with E-state index in [9.17, 15) is 4.79 Å². The molecule has 1 atom stereocenters. The van der Waals surface area contributed by atoms with Crippen LogP contribution in [0.2, 0.25) is 5.15 Å². The number of aromatic nitrogens is 1. The number of amides is 1. The fourth-order valence-corrected chi connectivity index (χ4v) is 3.29. The second kappa shape index (κ2) is 5.71. The SMILES string of the molecule is CC(C)(C)c1cc(C(=O)NC2CCSC2)cc(Cl)n1. The predicted molar refractivity (Wildman–Crippen MR) is 81.1 cm³/mol. The van der Waals surface area contributed by atoms with Crippen LogP contribution >= 0.6 is 23.4 Å². The quantitative estimate of drug-likeness (QED) is 0.852. The van der Waals surface area contributed by atoms with Crippen molar-refractivity contribution in [3.63, 3.8) is 0 Å². The lowest BCUT2D eigenvalue weighted by Crippen LogP contribution is -2.34. The zero-order valence-corrected chi connectivity index (χ0v) is 13.1. The molecule has 0 aromatic carbocycles. The molecule has 2 heterocycles. The number of halogens is 1. The molecule has 0 radical (unpaired) electrons. The molecule has 1 aliphatic heterocycles. The lowest BCUT2D eigenvalue weighted by atomic mass is 9.91. The summed E-state index contributed by atoms with van der Waals surface area (Å²) in [6, 6.07) is 3.75. The second-order valence-corrected chi connectivity index (χ2v) is 7.38. The minimum absolute atomic E-state index is 0.0534. The molecule has 1 aromatic rings. The number of hydrogen-bond donors (Lipinski definition) is 1. The summed E-state index contributed by atoms with van der Waals surface area (Å²) in [6.45, 7) is 6.17. The van der Waals surface area contributed by atoms with E-state index >= 15 is 0 Å². The van der Waals surface area contributed by atoms with Crippen molar-refractivity contribution in [1.82, 2.24) is 10.3 Å². The molecule has 1 amide bonds. The lowest BCUT2D eigenvalue weighted by Gasteiger charge is -2.19. The first-order valence-electron chi connectivity index (χ1n) is 6.43. The maximum atomic E-state index is 12.2. The predicted octanol–water partition coefficient (Wildman–Crippen LogP) is 3.27. The maximum Gasteiger partial charge on any atom is 0.251 e. The largest absolute Gasteiger partial charge is 0.348 e. The van der Waals surface area contributed by atoms with Crippen molar-refractivity contribution in [3.8, 4) is 0 Å². The van der Waals surface area contributed by atoms with Gasteiger partial charge in [-0.1, -0.05) is 32.4 Å². The van der Waals surface area contributed by atoms with E-state index < -0.39 is 0 Å². The van der Waals surface area contributed by atoms with Gasteiger partial charge in [-0.05, 0) is 24.3 Å². The third kappa shape index (κ3) is 3.86. The third-order valence-corrected chi connectivity index (χ3v) is 4.45. The number of pyridine rings is 1. The van der Waals surface area contributed by atoms with Crippen molar-refractivity contribution < 1.29 is 4.79 Å². The summed E-state index contributed by atoms with van der Waals surface area (Å²) < 4.78 is 0. The van der Waals surface area contributed by atoms with E-state index in [1.54, 1.807) is 6.07 Å². The van der Waals surface area contributed by atoms with Gasteiger partial charge in [-0.2, -0.15) is 11.8 Å². The molecular weight excluding hydrogens is 280 g/mol. The summed E-state index contributed by atoms with van der Waals surface area (Å²) in [4.78, 5) is 16.5. The van der Waals surface area contributed by atoms with Gasteiger partial charge in [0.05, 0.1) is 0 Å². The topological polar surface area (TPSA) is 42.0 Å². The molecule has 0 spiro atoms. The van der Waals surface area contributed by atoms with Crippen molar-refractivity contribution >= 4 is 29.3 Å². The van der Waals surface area contributed by atoms with Crippen LogP contribution in [0.1, 0.15) is 43.2 Å². The molecule has 0 bridgehead atoms. The zero-order chi connectivity index (χ0) is 14.0. The maximum absolute atomic E-state index is 12.2. The third-order valence-electron chi connectivity index (χ3n) is 3.09. The first-order valence-corrected chi connectivity index (χ1v) is 7.96. The van der Waals surface area contributed by atoms with Crippen molar-refractivity contribution in [1.29, 1.82) is 0 Å². The van der Waals surface area contributed by atoms with Gasteiger partial charge < -0.3 is 5.32 Å². The van der Waals surface area contributed by atoms with Crippen LogP contribution in [0.15, 0.2) is 12.1 Å². The fraction of sp³-hybridized carbons (Fsp3) is 0.571. The van der Waals surface area contributed by atoms with Gasteiger partial charge in [-0.25, -0.2) is 4.98 Å². The van der Waals surface area contributed by atoms with Gasteiger partial charge in [0.1, 0.15) is 5.15 Å². The number of rotatable bonds is 2. The minimum Gasteiger partial charge on any atom is -0.348 e. The Kier molecular flexibility index (Phi) is 4.41. The van der Waals surface area contributed by atoms with Gasteiger partial charge >= 0.3 is 0 Å². The average molecular weight is 299 g/mol. The molecule has 1 aromatic heterocycles. The van der Waals surface area contributed by atoms with Crippen LogP contribution < -0.4 is 5.32 Å². The van der Waals surface area contributed by atoms with E-state index in [-0.39, 0.29) is 17.4 Å². The summed E-state index contributed by atoms with van der Waals surface area (Å²) in [5.41, 5.74) is 1.32. The molecule has 104 valence electrons. The van der Waals surface area contributed by atoms with Crippen LogP contribution in [0.5, 0.6) is 0 Å². The van der Waals surface area contributed by atoms with E-state index in [0.29, 0.717) is 10.7 Å². The van der Waals surface area contributed by atoms with E-state index in [1.165, 1.54) is 0 Å². The molecule has 0 aliphatic carbocycles. The average Bonchev–Trinajstić information content (AvgIpc) is 2.79. The number of thioether (sulfide) groups is 1. The van der Waals surface area contributed by atoms with Gasteiger partial charge in [0.25, 0.3) is 5.91 Å². The normalized spacial score (nSPS) is 19.5. The number of hydrogen-bond acceptors (Lipinski definition) is 3. The molecule has 1 N–H and O–H groups in total. The highest BCUT2D eigenvalue weighted by Gasteiger charge is 2.21. The molecule has 5 heteroatoms. The minimum atomic E-state index is -0.122. The smallest absolute Gasteiger partial charge is 0.251 e. The van der Waals surface area contributed by atoms with Crippen molar-refractivity contribution in [2.24, 2.45) is 0 Å². The van der Waals surface area contributed by atoms with Crippen LogP contribution in [0.25, 0.3) is 0 Å². The first kappa shape index (κ1) is 14.7. The van der Waals surface area contributed by atoms with Gasteiger partial charge in [0.2, 0.25) is 0 Å². The number of nitrogens with one attached hydrogen (secondary N) is 1. The molecule has 1 fully saturated rings. The Hall–Kier alpha value is -0.740. The number of carbonyl (C=O) groups excluding carboxylic acids is 1. The molecule has 19 heavy (non-hydrogen) atoms. The summed E-state index contributed by atoms with van der Waals surface area (Å²) in [5, 5.41) is 3.43. The Morgan fingerprint density at radius 2 is 2.21 bits per heavy atom. The Labute approximate surface area is 123 Å². The summed E-state index contributed by atoms with van der Waals surface area (Å²) >= 11 is 7.90. The highest BCUT2D eigenvalue weighted by atomic mass is 35.5.